The van der Waals surface area contributed by atoms with Crippen molar-refractivity contribution in [2.24, 2.45) is 11.8 Å². The van der Waals surface area contributed by atoms with E-state index in [2.05, 4.69) is 21.9 Å². The summed E-state index contributed by atoms with van der Waals surface area (Å²) in [6, 6.07) is 18.9. The van der Waals surface area contributed by atoms with Gasteiger partial charge in [0.1, 0.15) is 5.82 Å². The first-order chi connectivity index (χ1) is 17.1. The molecule has 0 N–H and O–H groups in total. The Hall–Kier alpha value is -1.76. The van der Waals surface area contributed by atoms with E-state index in [4.69, 9.17) is 16.3 Å². The number of thiophene rings is 1. The van der Waals surface area contributed by atoms with Gasteiger partial charge in [-0.3, -0.25) is 4.90 Å². The van der Waals surface area contributed by atoms with Crippen LogP contribution in [0.1, 0.15) is 30.4 Å². The number of nitrogens with zero attached hydrogens (tertiary/aromatic N) is 2. The summed E-state index contributed by atoms with van der Waals surface area (Å²) in [7, 11) is 0. The predicted molar refractivity (Wildman–Crippen MR) is 144 cm³/mol. The van der Waals surface area contributed by atoms with Gasteiger partial charge in [0.25, 0.3) is 0 Å². The van der Waals surface area contributed by atoms with Gasteiger partial charge in [-0.1, -0.05) is 48.0 Å². The summed E-state index contributed by atoms with van der Waals surface area (Å²) in [6.45, 7) is 8.33. The molecule has 1 unspecified atom stereocenters. The largest absolute Gasteiger partial charge is 0.376 e. The second kappa shape index (κ2) is 14.1. The molecular weight excluding hydrogens is 479 g/mol. The summed E-state index contributed by atoms with van der Waals surface area (Å²) >= 11 is 7.83. The number of piperidine rings is 1. The Morgan fingerprint density at radius 1 is 0.857 bits per heavy atom. The molecule has 2 aromatic carbocycles. The van der Waals surface area contributed by atoms with E-state index < -0.39 is 0 Å². The molecule has 0 aliphatic carbocycles. The normalized spacial score (nSPS) is 19.4. The maximum absolute atomic E-state index is 13.0. The average Bonchev–Trinajstić information content (AvgIpc) is 3.58. The lowest BCUT2D eigenvalue weighted by Gasteiger charge is -2.33. The number of halogens is 2. The van der Waals surface area contributed by atoms with Gasteiger partial charge in [-0.05, 0) is 96.9 Å². The standard InChI is InChI=1S/C25H32ClFN2O.C4H4S/c26-24-3-1-2-22(14-24)15-29-13-10-23(17-29)16-28-11-8-21(9-12-28)19-30-18-20-4-6-25(27)7-5-20;1-2-4-5-3-1/h1-7,14,21,23H,8-13,15-19H2;1-4H. The fraction of sp³-hybridized carbons (Fsp3) is 0.448. The second-order valence-electron chi connectivity index (χ2n) is 9.70. The second-order valence-corrected chi connectivity index (χ2v) is 11.0. The van der Waals surface area contributed by atoms with Crippen LogP contribution in [0.4, 0.5) is 4.39 Å². The Kier molecular flexibility index (Phi) is 10.6. The fourth-order valence-corrected chi connectivity index (χ4v) is 5.62. The number of hydrogen-bond donors (Lipinski definition) is 0. The van der Waals surface area contributed by atoms with Crippen LogP contribution in [0.5, 0.6) is 0 Å². The van der Waals surface area contributed by atoms with Crippen molar-refractivity contribution < 1.29 is 9.13 Å². The van der Waals surface area contributed by atoms with Crippen molar-refractivity contribution in [2.45, 2.75) is 32.4 Å². The van der Waals surface area contributed by atoms with Crippen molar-refractivity contribution >= 4 is 22.9 Å². The van der Waals surface area contributed by atoms with Gasteiger partial charge in [-0.15, -0.1) is 0 Å². The van der Waals surface area contributed by atoms with Crippen LogP contribution in [0.3, 0.4) is 0 Å². The Morgan fingerprint density at radius 2 is 1.57 bits per heavy atom. The minimum atomic E-state index is -0.194. The van der Waals surface area contributed by atoms with E-state index in [1.165, 1.54) is 69.7 Å². The molecule has 2 aliphatic heterocycles. The summed E-state index contributed by atoms with van der Waals surface area (Å²) in [5.74, 6) is 1.22. The molecular formula is C29H36ClFN2OS. The molecule has 0 bridgehead atoms. The van der Waals surface area contributed by atoms with Crippen molar-refractivity contribution in [3.05, 3.63) is 93.4 Å². The molecule has 1 aromatic heterocycles. The van der Waals surface area contributed by atoms with E-state index in [0.717, 1.165) is 29.7 Å². The van der Waals surface area contributed by atoms with Gasteiger partial charge in [-0.25, -0.2) is 4.39 Å². The third kappa shape index (κ3) is 9.32. The lowest BCUT2D eigenvalue weighted by Crippen LogP contribution is -2.38. The molecule has 0 saturated carbocycles. The Balaban J connectivity index is 0.000000514. The number of ether oxygens (including phenoxy) is 1. The van der Waals surface area contributed by atoms with Crippen LogP contribution in [0.15, 0.2) is 71.4 Å². The highest BCUT2D eigenvalue weighted by Crippen LogP contribution is 2.24. The summed E-state index contributed by atoms with van der Waals surface area (Å²) in [6.07, 6.45) is 3.71. The third-order valence-electron chi connectivity index (χ3n) is 6.85. The average molecular weight is 515 g/mol. The molecule has 0 spiro atoms. The maximum Gasteiger partial charge on any atom is 0.123 e. The highest BCUT2D eigenvalue weighted by molar-refractivity contribution is 7.07. The summed E-state index contributed by atoms with van der Waals surface area (Å²) in [4.78, 5) is 5.20. The molecule has 0 amide bonds. The van der Waals surface area contributed by atoms with E-state index in [1.54, 1.807) is 23.5 Å². The van der Waals surface area contributed by atoms with Gasteiger partial charge in [0.2, 0.25) is 0 Å². The number of hydrogen-bond acceptors (Lipinski definition) is 4. The molecule has 3 aromatic rings. The zero-order valence-electron chi connectivity index (χ0n) is 20.3. The highest BCUT2D eigenvalue weighted by Gasteiger charge is 2.26. The van der Waals surface area contributed by atoms with Crippen molar-refractivity contribution in [2.75, 3.05) is 39.3 Å². The molecule has 5 rings (SSSR count). The van der Waals surface area contributed by atoms with Crippen molar-refractivity contribution in [3.8, 4) is 0 Å². The zero-order valence-corrected chi connectivity index (χ0v) is 21.9. The molecule has 3 nitrogen and oxygen atoms in total. The Labute approximate surface area is 218 Å². The Morgan fingerprint density at radius 3 is 2.26 bits per heavy atom. The van der Waals surface area contributed by atoms with Crippen LogP contribution < -0.4 is 0 Å². The number of rotatable bonds is 8. The lowest BCUT2D eigenvalue weighted by molar-refractivity contribution is 0.0546. The molecule has 35 heavy (non-hydrogen) atoms. The number of benzene rings is 2. The summed E-state index contributed by atoms with van der Waals surface area (Å²) < 4.78 is 18.9. The first-order valence-corrected chi connectivity index (χ1v) is 13.9. The van der Waals surface area contributed by atoms with E-state index in [1.807, 2.05) is 35.0 Å². The van der Waals surface area contributed by atoms with Crippen LogP contribution in [-0.4, -0.2) is 49.1 Å². The van der Waals surface area contributed by atoms with Gasteiger partial charge < -0.3 is 9.64 Å². The predicted octanol–water partition coefficient (Wildman–Crippen LogP) is 6.98. The van der Waals surface area contributed by atoms with Crippen LogP contribution in [0.25, 0.3) is 0 Å². The highest BCUT2D eigenvalue weighted by atomic mass is 35.5. The first kappa shape index (κ1) is 26.3. The third-order valence-corrected chi connectivity index (χ3v) is 7.71. The van der Waals surface area contributed by atoms with Crippen LogP contribution in [0, 0.1) is 17.7 Å². The topological polar surface area (TPSA) is 15.7 Å². The van der Waals surface area contributed by atoms with Gasteiger partial charge in [0.15, 0.2) is 0 Å². The molecule has 1 atom stereocenters. The fourth-order valence-electron chi connectivity index (χ4n) is 4.95. The molecule has 2 aliphatic rings. The minimum Gasteiger partial charge on any atom is -0.376 e. The lowest BCUT2D eigenvalue weighted by atomic mass is 9.96. The van der Waals surface area contributed by atoms with Crippen molar-refractivity contribution in [1.29, 1.82) is 0 Å². The molecule has 188 valence electrons. The van der Waals surface area contributed by atoms with Gasteiger partial charge in [0.05, 0.1) is 6.61 Å². The summed E-state index contributed by atoms with van der Waals surface area (Å²) in [5, 5.41) is 4.91. The molecule has 6 heteroatoms. The SMILES string of the molecule is Fc1ccc(COCC2CCN(CC3CCN(Cc4cccc(Cl)c4)C3)CC2)cc1.c1ccsc1. The molecule has 0 radical (unpaired) electrons. The zero-order chi connectivity index (χ0) is 24.3. The molecule has 2 fully saturated rings. The molecule has 2 saturated heterocycles. The van der Waals surface area contributed by atoms with E-state index >= 15 is 0 Å². The minimum absolute atomic E-state index is 0.194. The first-order valence-electron chi connectivity index (χ1n) is 12.6. The summed E-state index contributed by atoms with van der Waals surface area (Å²) in [5.41, 5.74) is 2.35. The van der Waals surface area contributed by atoms with Gasteiger partial charge in [-0.2, -0.15) is 11.3 Å². The van der Waals surface area contributed by atoms with Crippen molar-refractivity contribution in [3.63, 3.8) is 0 Å². The van der Waals surface area contributed by atoms with E-state index in [0.29, 0.717) is 12.5 Å². The quantitative estimate of drug-likeness (QED) is 0.322. The van der Waals surface area contributed by atoms with Gasteiger partial charge >= 0.3 is 0 Å². The smallest absolute Gasteiger partial charge is 0.123 e. The van der Waals surface area contributed by atoms with E-state index in [9.17, 15) is 4.39 Å². The maximum atomic E-state index is 13.0. The van der Waals surface area contributed by atoms with Crippen LogP contribution >= 0.6 is 22.9 Å². The van der Waals surface area contributed by atoms with Crippen molar-refractivity contribution in [1.82, 2.24) is 9.80 Å². The Bertz CT molecular complexity index is 959. The van der Waals surface area contributed by atoms with Crippen LogP contribution in [-0.2, 0) is 17.9 Å². The molecule has 3 heterocycles. The monoisotopic (exact) mass is 514 g/mol. The van der Waals surface area contributed by atoms with E-state index in [-0.39, 0.29) is 5.82 Å². The van der Waals surface area contributed by atoms with Gasteiger partial charge in [0, 0.05) is 31.3 Å². The number of likely N-dealkylation sites (tertiary alicyclic amines) is 2. The van der Waals surface area contributed by atoms with Crippen LogP contribution in [0.2, 0.25) is 5.02 Å².